The van der Waals surface area contributed by atoms with Crippen LogP contribution in [0.2, 0.25) is 0 Å². The van der Waals surface area contributed by atoms with Crippen LogP contribution in [0.4, 0.5) is 0 Å². The highest BCUT2D eigenvalue weighted by atomic mass is 16.5. The van der Waals surface area contributed by atoms with Gasteiger partial charge >= 0.3 is 0 Å². The van der Waals surface area contributed by atoms with Crippen molar-refractivity contribution in [1.29, 1.82) is 0 Å². The lowest BCUT2D eigenvalue weighted by Crippen LogP contribution is -2.33. The second kappa shape index (κ2) is 6.03. The van der Waals surface area contributed by atoms with Crippen molar-refractivity contribution in [1.82, 2.24) is 0 Å². The SMILES string of the molecule is CCOc1ccccc1C(O)C(C)(CC)CN. The van der Waals surface area contributed by atoms with Gasteiger partial charge in [-0.05, 0) is 19.4 Å². The lowest BCUT2D eigenvalue weighted by Gasteiger charge is -2.33. The Hall–Kier alpha value is -1.06. The number of benzene rings is 1. The van der Waals surface area contributed by atoms with Crippen LogP contribution in [0.1, 0.15) is 38.9 Å². The summed E-state index contributed by atoms with van der Waals surface area (Å²) < 4.78 is 5.54. The molecule has 3 heteroatoms. The van der Waals surface area contributed by atoms with Crippen molar-refractivity contribution in [2.45, 2.75) is 33.3 Å². The molecule has 0 aliphatic rings. The van der Waals surface area contributed by atoms with Crippen LogP contribution >= 0.6 is 0 Å². The van der Waals surface area contributed by atoms with Crippen molar-refractivity contribution >= 4 is 0 Å². The molecule has 0 aliphatic carbocycles. The summed E-state index contributed by atoms with van der Waals surface area (Å²) in [5.74, 6) is 0.746. The highest BCUT2D eigenvalue weighted by Gasteiger charge is 2.32. The fourth-order valence-corrected chi connectivity index (χ4v) is 1.82. The zero-order valence-electron chi connectivity index (χ0n) is 10.9. The van der Waals surface area contributed by atoms with E-state index in [1.807, 2.05) is 45.0 Å². The molecule has 1 rings (SSSR count). The molecule has 0 saturated heterocycles. The topological polar surface area (TPSA) is 55.5 Å². The second-order valence-electron chi connectivity index (χ2n) is 4.59. The third kappa shape index (κ3) is 2.99. The summed E-state index contributed by atoms with van der Waals surface area (Å²) in [7, 11) is 0. The first-order valence-electron chi connectivity index (χ1n) is 6.19. The van der Waals surface area contributed by atoms with Crippen LogP contribution in [-0.2, 0) is 0 Å². The lowest BCUT2D eigenvalue weighted by molar-refractivity contribution is 0.0369. The van der Waals surface area contributed by atoms with Crippen LogP contribution in [0.5, 0.6) is 5.75 Å². The number of nitrogens with two attached hydrogens (primary N) is 1. The number of hydrogen-bond donors (Lipinski definition) is 2. The molecule has 0 saturated carbocycles. The van der Waals surface area contributed by atoms with Gasteiger partial charge in [0, 0.05) is 17.5 Å². The maximum Gasteiger partial charge on any atom is 0.125 e. The first-order valence-corrected chi connectivity index (χ1v) is 6.19. The third-order valence-electron chi connectivity index (χ3n) is 3.45. The predicted octanol–water partition coefficient (Wildman–Crippen LogP) is 2.49. The number of hydrogen-bond acceptors (Lipinski definition) is 3. The average molecular weight is 237 g/mol. The molecule has 2 unspecified atom stereocenters. The fourth-order valence-electron chi connectivity index (χ4n) is 1.82. The van der Waals surface area contributed by atoms with E-state index in [4.69, 9.17) is 10.5 Å². The van der Waals surface area contributed by atoms with E-state index < -0.39 is 6.10 Å². The zero-order chi connectivity index (χ0) is 12.9. The molecule has 1 aromatic carbocycles. The van der Waals surface area contributed by atoms with Crippen LogP contribution in [0.15, 0.2) is 24.3 Å². The van der Waals surface area contributed by atoms with Crippen molar-refractivity contribution in [3.8, 4) is 5.75 Å². The Kier molecular flexibility index (Phi) is 4.97. The Morgan fingerprint density at radius 3 is 2.53 bits per heavy atom. The van der Waals surface area contributed by atoms with Gasteiger partial charge in [0.1, 0.15) is 5.75 Å². The number of rotatable bonds is 6. The van der Waals surface area contributed by atoms with Crippen LogP contribution in [0, 0.1) is 5.41 Å². The minimum absolute atomic E-state index is 0.312. The van der Waals surface area contributed by atoms with Gasteiger partial charge in [0.15, 0.2) is 0 Å². The highest BCUT2D eigenvalue weighted by Crippen LogP contribution is 2.39. The Morgan fingerprint density at radius 1 is 1.35 bits per heavy atom. The molecule has 0 amide bonds. The predicted molar refractivity (Wildman–Crippen MR) is 70.0 cm³/mol. The van der Waals surface area contributed by atoms with Gasteiger partial charge in [-0.25, -0.2) is 0 Å². The van der Waals surface area contributed by atoms with Gasteiger partial charge in [-0.2, -0.15) is 0 Å². The summed E-state index contributed by atoms with van der Waals surface area (Å²) in [4.78, 5) is 0. The van der Waals surface area contributed by atoms with Gasteiger partial charge in [-0.15, -0.1) is 0 Å². The summed E-state index contributed by atoms with van der Waals surface area (Å²) in [5, 5.41) is 10.5. The van der Waals surface area contributed by atoms with Gasteiger partial charge in [0.25, 0.3) is 0 Å². The molecule has 1 aromatic rings. The summed E-state index contributed by atoms with van der Waals surface area (Å²) in [6.07, 6.45) is 0.228. The largest absolute Gasteiger partial charge is 0.493 e. The molecule has 0 aliphatic heterocycles. The maximum absolute atomic E-state index is 10.5. The van der Waals surface area contributed by atoms with E-state index >= 15 is 0 Å². The van der Waals surface area contributed by atoms with Crippen molar-refractivity contribution in [2.24, 2.45) is 11.1 Å². The maximum atomic E-state index is 10.5. The van der Waals surface area contributed by atoms with E-state index in [9.17, 15) is 5.11 Å². The van der Waals surface area contributed by atoms with E-state index in [1.54, 1.807) is 0 Å². The smallest absolute Gasteiger partial charge is 0.125 e. The molecule has 2 atom stereocenters. The number of ether oxygens (including phenoxy) is 1. The van der Waals surface area contributed by atoms with Crippen molar-refractivity contribution in [2.75, 3.05) is 13.2 Å². The number of para-hydroxylation sites is 1. The molecular weight excluding hydrogens is 214 g/mol. The lowest BCUT2D eigenvalue weighted by atomic mass is 9.78. The molecule has 3 N–H and O–H groups in total. The summed E-state index contributed by atoms with van der Waals surface area (Å²) in [5.41, 5.74) is 6.29. The zero-order valence-corrected chi connectivity index (χ0v) is 10.9. The van der Waals surface area contributed by atoms with Gasteiger partial charge in [-0.3, -0.25) is 0 Å². The summed E-state index contributed by atoms with van der Waals surface area (Å²) in [6, 6.07) is 7.61. The highest BCUT2D eigenvalue weighted by molar-refractivity contribution is 5.36. The van der Waals surface area contributed by atoms with E-state index in [-0.39, 0.29) is 5.41 Å². The summed E-state index contributed by atoms with van der Waals surface area (Å²) in [6.45, 7) is 7.02. The Morgan fingerprint density at radius 2 is 2.00 bits per heavy atom. The van der Waals surface area contributed by atoms with E-state index in [0.29, 0.717) is 13.2 Å². The van der Waals surface area contributed by atoms with Gasteiger partial charge in [0.05, 0.1) is 12.7 Å². The number of aliphatic hydroxyl groups is 1. The van der Waals surface area contributed by atoms with E-state index in [1.165, 1.54) is 0 Å². The van der Waals surface area contributed by atoms with Crippen molar-refractivity contribution in [3.05, 3.63) is 29.8 Å². The molecule has 0 spiro atoms. The van der Waals surface area contributed by atoms with E-state index in [0.717, 1.165) is 17.7 Å². The van der Waals surface area contributed by atoms with Gasteiger partial charge < -0.3 is 15.6 Å². The Labute approximate surface area is 104 Å². The molecular formula is C14H23NO2. The fraction of sp³-hybridized carbons (Fsp3) is 0.571. The first-order chi connectivity index (χ1) is 8.09. The number of aliphatic hydroxyl groups excluding tert-OH is 1. The molecule has 96 valence electrons. The molecule has 0 bridgehead atoms. The first kappa shape index (κ1) is 14.0. The minimum Gasteiger partial charge on any atom is -0.493 e. The molecule has 0 aromatic heterocycles. The molecule has 0 heterocycles. The summed E-state index contributed by atoms with van der Waals surface area (Å²) >= 11 is 0. The van der Waals surface area contributed by atoms with Crippen LogP contribution < -0.4 is 10.5 Å². The van der Waals surface area contributed by atoms with Crippen molar-refractivity contribution in [3.63, 3.8) is 0 Å². The molecule has 0 fully saturated rings. The van der Waals surface area contributed by atoms with E-state index in [2.05, 4.69) is 0 Å². The Bertz CT molecular complexity index is 348. The molecule has 17 heavy (non-hydrogen) atoms. The third-order valence-corrected chi connectivity index (χ3v) is 3.45. The quantitative estimate of drug-likeness (QED) is 0.799. The average Bonchev–Trinajstić information content (AvgIpc) is 2.38. The minimum atomic E-state index is -0.597. The second-order valence-corrected chi connectivity index (χ2v) is 4.59. The van der Waals surface area contributed by atoms with Gasteiger partial charge in [0.2, 0.25) is 0 Å². The van der Waals surface area contributed by atoms with Gasteiger partial charge in [-0.1, -0.05) is 32.0 Å². The van der Waals surface area contributed by atoms with Crippen LogP contribution in [0.3, 0.4) is 0 Å². The standard InChI is InChI=1S/C14H23NO2/c1-4-14(3,10-15)13(16)11-8-6-7-9-12(11)17-5-2/h6-9,13,16H,4-5,10,15H2,1-3H3. The van der Waals surface area contributed by atoms with Crippen molar-refractivity contribution < 1.29 is 9.84 Å². The Balaban J connectivity index is 3.06. The van der Waals surface area contributed by atoms with Crippen LogP contribution in [-0.4, -0.2) is 18.3 Å². The molecule has 0 radical (unpaired) electrons. The monoisotopic (exact) mass is 237 g/mol. The van der Waals surface area contributed by atoms with Crippen LogP contribution in [0.25, 0.3) is 0 Å². The molecule has 3 nitrogen and oxygen atoms in total. The normalized spacial score (nSPS) is 16.3.